The lowest BCUT2D eigenvalue weighted by molar-refractivity contribution is 0.112. The van der Waals surface area contributed by atoms with Crippen molar-refractivity contribution in [2.45, 2.75) is 30.5 Å². The summed E-state index contributed by atoms with van der Waals surface area (Å²) in [7, 11) is 1.65. The molecule has 0 aliphatic carbocycles. The summed E-state index contributed by atoms with van der Waals surface area (Å²) < 4.78 is 5.20. The van der Waals surface area contributed by atoms with Crippen LogP contribution in [0, 0.1) is 0 Å². The normalized spacial score (nSPS) is 26.1. The fraction of sp³-hybridized carbons (Fsp3) is 0.600. The van der Waals surface area contributed by atoms with Crippen LogP contribution in [0.25, 0.3) is 0 Å². The van der Waals surface area contributed by atoms with Gasteiger partial charge in [0, 0.05) is 30.1 Å². The summed E-state index contributed by atoms with van der Waals surface area (Å²) in [6.07, 6.45) is -0.447. The van der Waals surface area contributed by atoms with E-state index in [0.717, 1.165) is 24.4 Å². The maximum absolute atomic E-state index is 10.4. The Morgan fingerprint density at radius 3 is 2.68 bits per heavy atom. The van der Waals surface area contributed by atoms with Crippen LogP contribution in [-0.4, -0.2) is 47.3 Å². The fourth-order valence-corrected chi connectivity index (χ4v) is 4.02. The monoisotopic (exact) mass is 281 g/mol. The average molecular weight is 281 g/mol. The van der Waals surface area contributed by atoms with E-state index in [2.05, 4.69) is 18.7 Å². The van der Waals surface area contributed by atoms with Gasteiger partial charge in [-0.25, -0.2) is 0 Å². The van der Waals surface area contributed by atoms with Crippen LogP contribution in [0.4, 0.5) is 0 Å². The number of ether oxygens (including phenoxy) is 1. The van der Waals surface area contributed by atoms with Gasteiger partial charge in [0.1, 0.15) is 5.75 Å². The highest BCUT2D eigenvalue weighted by molar-refractivity contribution is 8.00. The largest absolute Gasteiger partial charge is 0.497 e. The lowest BCUT2D eigenvalue weighted by atomic mass is 10.1. The van der Waals surface area contributed by atoms with E-state index in [0.29, 0.717) is 17.0 Å². The molecular weight excluding hydrogens is 258 g/mol. The second kappa shape index (κ2) is 6.64. The van der Waals surface area contributed by atoms with E-state index in [1.165, 1.54) is 0 Å². The van der Waals surface area contributed by atoms with E-state index in [9.17, 15) is 5.11 Å². The van der Waals surface area contributed by atoms with Crippen molar-refractivity contribution in [2.75, 3.05) is 26.7 Å². The van der Waals surface area contributed by atoms with Gasteiger partial charge in [0.05, 0.1) is 13.2 Å². The van der Waals surface area contributed by atoms with Crippen molar-refractivity contribution >= 4 is 11.8 Å². The first-order valence-electron chi connectivity index (χ1n) is 6.78. The molecule has 0 radical (unpaired) electrons. The lowest BCUT2D eigenvalue weighted by Crippen LogP contribution is -2.42. The van der Waals surface area contributed by atoms with Crippen molar-refractivity contribution in [2.24, 2.45) is 0 Å². The second-order valence-electron chi connectivity index (χ2n) is 5.27. The first-order valence-corrected chi connectivity index (χ1v) is 7.72. The Balaban J connectivity index is 1.97. The molecule has 0 amide bonds. The molecule has 2 rings (SSSR count). The Morgan fingerprint density at radius 1 is 1.37 bits per heavy atom. The maximum Gasteiger partial charge on any atom is 0.119 e. The van der Waals surface area contributed by atoms with Crippen LogP contribution in [0.3, 0.4) is 0 Å². The van der Waals surface area contributed by atoms with Crippen molar-refractivity contribution in [1.29, 1.82) is 0 Å². The van der Waals surface area contributed by atoms with Gasteiger partial charge in [0.15, 0.2) is 0 Å². The van der Waals surface area contributed by atoms with Crippen LogP contribution >= 0.6 is 11.8 Å². The SMILES string of the molecule is COc1cccc(C(O)CN2CC(C)SC(C)C2)c1. The number of nitrogens with zero attached hydrogens (tertiary/aromatic N) is 1. The molecule has 1 aromatic carbocycles. The molecule has 106 valence electrons. The number of aliphatic hydroxyl groups excluding tert-OH is 1. The quantitative estimate of drug-likeness (QED) is 0.919. The van der Waals surface area contributed by atoms with E-state index in [1.54, 1.807) is 7.11 Å². The van der Waals surface area contributed by atoms with Gasteiger partial charge in [-0.3, -0.25) is 4.90 Å². The molecule has 19 heavy (non-hydrogen) atoms. The molecule has 1 heterocycles. The molecule has 0 saturated carbocycles. The van der Waals surface area contributed by atoms with Gasteiger partial charge in [0.25, 0.3) is 0 Å². The van der Waals surface area contributed by atoms with Crippen molar-refractivity contribution in [1.82, 2.24) is 4.90 Å². The predicted molar refractivity (Wildman–Crippen MR) is 80.9 cm³/mol. The van der Waals surface area contributed by atoms with Crippen molar-refractivity contribution in [3.05, 3.63) is 29.8 Å². The molecule has 1 aliphatic rings. The van der Waals surface area contributed by atoms with Crippen LogP contribution in [0.5, 0.6) is 5.75 Å². The van der Waals surface area contributed by atoms with Crippen LogP contribution in [0.15, 0.2) is 24.3 Å². The van der Waals surface area contributed by atoms with Gasteiger partial charge >= 0.3 is 0 Å². The molecule has 1 fully saturated rings. The number of aliphatic hydroxyl groups is 1. The Morgan fingerprint density at radius 2 is 2.05 bits per heavy atom. The number of rotatable bonds is 4. The summed E-state index contributed by atoms with van der Waals surface area (Å²) in [5.41, 5.74) is 0.929. The number of methoxy groups -OCH3 is 1. The molecule has 1 aliphatic heterocycles. The summed E-state index contributed by atoms with van der Waals surface area (Å²) >= 11 is 2.03. The summed E-state index contributed by atoms with van der Waals surface area (Å²) in [6.45, 7) is 7.31. The zero-order valence-corrected chi connectivity index (χ0v) is 12.7. The number of hydrogen-bond donors (Lipinski definition) is 1. The van der Waals surface area contributed by atoms with Gasteiger partial charge in [-0.1, -0.05) is 26.0 Å². The molecule has 4 heteroatoms. The third kappa shape index (κ3) is 4.13. The zero-order valence-electron chi connectivity index (χ0n) is 11.9. The van der Waals surface area contributed by atoms with Crippen molar-refractivity contribution in [3.63, 3.8) is 0 Å². The summed E-state index contributed by atoms with van der Waals surface area (Å²) in [6, 6.07) is 7.70. The minimum atomic E-state index is -0.447. The molecule has 3 unspecified atom stereocenters. The van der Waals surface area contributed by atoms with Crippen molar-refractivity contribution in [3.8, 4) is 5.75 Å². The number of hydrogen-bond acceptors (Lipinski definition) is 4. The van der Waals surface area contributed by atoms with Gasteiger partial charge in [-0.05, 0) is 17.7 Å². The summed E-state index contributed by atoms with van der Waals surface area (Å²) in [5, 5.41) is 11.6. The van der Waals surface area contributed by atoms with Crippen LogP contribution in [0.1, 0.15) is 25.5 Å². The minimum Gasteiger partial charge on any atom is -0.497 e. The van der Waals surface area contributed by atoms with Gasteiger partial charge in [0.2, 0.25) is 0 Å². The van der Waals surface area contributed by atoms with E-state index in [-0.39, 0.29) is 0 Å². The number of benzene rings is 1. The molecule has 3 atom stereocenters. The highest BCUT2D eigenvalue weighted by Crippen LogP contribution is 2.27. The van der Waals surface area contributed by atoms with E-state index >= 15 is 0 Å². The standard InChI is InChI=1S/C15H23NO2S/c1-11-8-16(9-12(2)19-11)10-15(17)13-5-4-6-14(7-13)18-3/h4-7,11-12,15,17H,8-10H2,1-3H3. The Labute approximate surface area is 120 Å². The lowest BCUT2D eigenvalue weighted by Gasteiger charge is -2.35. The molecule has 0 bridgehead atoms. The maximum atomic E-state index is 10.4. The Bertz CT molecular complexity index is 403. The highest BCUT2D eigenvalue weighted by atomic mass is 32.2. The van der Waals surface area contributed by atoms with Crippen LogP contribution in [0.2, 0.25) is 0 Å². The van der Waals surface area contributed by atoms with E-state index in [4.69, 9.17) is 4.74 Å². The van der Waals surface area contributed by atoms with Crippen LogP contribution < -0.4 is 4.74 Å². The predicted octanol–water partition coefficient (Wildman–Crippen LogP) is 2.55. The summed E-state index contributed by atoms with van der Waals surface area (Å²) in [5.74, 6) is 0.799. The van der Waals surface area contributed by atoms with Gasteiger partial charge < -0.3 is 9.84 Å². The first-order chi connectivity index (χ1) is 9.08. The second-order valence-corrected chi connectivity index (χ2v) is 7.15. The molecule has 1 N–H and O–H groups in total. The molecule has 0 spiro atoms. The number of β-amino-alcohol motifs (C(OH)–C–C–N with tert-alkyl or cyclic N) is 1. The average Bonchev–Trinajstić information content (AvgIpc) is 2.37. The fourth-order valence-electron chi connectivity index (χ4n) is 2.63. The van der Waals surface area contributed by atoms with Gasteiger partial charge in [-0.2, -0.15) is 11.8 Å². The smallest absolute Gasteiger partial charge is 0.119 e. The van der Waals surface area contributed by atoms with E-state index in [1.807, 2.05) is 36.0 Å². The molecule has 1 aromatic rings. The molecule has 3 nitrogen and oxygen atoms in total. The first kappa shape index (κ1) is 14.7. The van der Waals surface area contributed by atoms with Crippen LogP contribution in [-0.2, 0) is 0 Å². The molecule has 1 saturated heterocycles. The van der Waals surface area contributed by atoms with Gasteiger partial charge in [-0.15, -0.1) is 0 Å². The third-order valence-electron chi connectivity index (χ3n) is 3.40. The third-order valence-corrected chi connectivity index (χ3v) is 4.63. The Kier molecular flexibility index (Phi) is 5.13. The highest BCUT2D eigenvalue weighted by Gasteiger charge is 2.24. The Hall–Kier alpha value is -0.710. The zero-order chi connectivity index (χ0) is 13.8. The summed E-state index contributed by atoms with van der Waals surface area (Å²) in [4.78, 5) is 2.36. The molecular formula is C15H23NO2S. The van der Waals surface area contributed by atoms with Crippen molar-refractivity contribution < 1.29 is 9.84 Å². The minimum absolute atomic E-state index is 0.447. The van der Waals surface area contributed by atoms with E-state index < -0.39 is 6.10 Å². The molecule has 0 aromatic heterocycles. The number of thioether (sulfide) groups is 1. The topological polar surface area (TPSA) is 32.7 Å².